The molecule has 2 aromatic carbocycles. The number of aliphatic hydroxyl groups excluding tert-OH is 1. The number of amides is 1. The van der Waals surface area contributed by atoms with Crippen molar-refractivity contribution in [2.75, 3.05) is 13.2 Å². The summed E-state index contributed by atoms with van der Waals surface area (Å²) in [6, 6.07) is 15.2. The lowest BCUT2D eigenvalue weighted by Crippen LogP contribution is -2.32. The third-order valence-corrected chi connectivity index (χ3v) is 5.77. The molecular formula is C22H22ClNO3. The van der Waals surface area contributed by atoms with Crippen LogP contribution < -0.4 is 0 Å². The standard InChI is InChI=1S/C22H22ClNO3/c23-16-7-5-15(6-8-16)21-18-4-2-1-3-17(18)19(22(26)24-21)13-20(25)14-9-11-27-12-10-14/h1-8,14,19-20,25H,9-13H2. The zero-order chi connectivity index (χ0) is 18.8. The van der Waals surface area contributed by atoms with Gasteiger partial charge in [-0.25, -0.2) is 4.99 Å². The fourth-order valence-electron chi connectivity index (χ4n) is 3.99. The molecule has 4 rings (SSSR count). The number of benzene rings is 2. The van der Waals surface area contributed by atoms with Crippen LogP contribution >= 0.6 is 11.6 Å². The molecule has 1 saturated heterocycles. The van der Waals surface area contributed by atoms with Gasteiger partial charge in [-0.3, -0.25) is 4.79 Å². The predicted molar refractivity (Wildman–Crippen MR) is 105 cm³/mol. The van der Waals surface area contributed by atoms with Gasteiger partial charge < -0.3 is 9.84 Å². The summed E-state index contributed by atoms with van der Waals surface area (Å²) in [5.41, 5.74) is 3.42. The molecule has 1 amide bonds. The second-order valence-corrected chi connectivity index (χ2v) is 7.63. The zero-order valence-electron chi connectivity index (χ0n) is 15.0. The third-order valence-electron chi connectivity index (χ3n) is 5.52. The molecule has 4 nitrogen and oxygen atoms in total. The number of fused-ring (bicyclic) bond motifs is 1. The van der Waals surface area contributed by atoms with Gasteiger partial charge in [0.2, 0.25) is 0 Å². The van der Waals surface area contributed by atoms with Crippen molar-refractivity contribution in [1.29, 1.82) is 0 Å². The van der Waals surface area contributed by atoms with E-state index in [0.717, 1.165) is 29.5 Å². The van der Waals surface area contributed by atoms with E-state index in [1.54, 1.807) is 12.1 Å². The zero-order valence-corrected chi connectivity index (χ0v) is 15.7. The maximum absolute atomic E-state index is 12.9. The smallest absolute Gasteiger partial charge is 0.253 e. The molecule has 0 radical (unpaired) electrons. The van der Waals surface area contributed by atoms with E-state index in [1.165, 1.54) is 0 Å². The van der Waals surface area contributed by atoms with Crippen molar-refractivity contribution in [3.8, 4) is 0 Å². The lowest BCUT2D eigenvalue weighted by atomic mass is 9.80. The Kier molecular flexibility index (Phi) is 5.39. The highest BCUT2D eigenvalue weighted by molar-refractivity contribution is 6.30. The molecule has 2 aliphatic rings. The highest BCUT2D eigenvalue weighted by atomic mass is 35.5. The normalized spacial score (nSPS) is 21.5. The van der Waals surface area contributed by atoms with Gasteiger partial charge in [-0.05, 0) is 42.9 Å². The van der Waals surface area contributed by atoms with Gasteiger partial charge in [-0.2, -0.15) is 0 Å². The second kappa shape index (κ2) is 7.93. The van der Waals surface area contributed by atoms with Crippen LogP contribution in [-0.4, -0.2) is 36.0 Å². The topological polar surface area (TPSA) is 58.9 Å². The van der Waals surface area contributed by atoms with Crippen molar-refractivity contribution in [2.45, 2.75) is 31.3 Å². The largest absolute Gasteiger partial charge is 0.393 e. The van der Waals surface area contributed by atoms with Crippen molar-refractivity contribution < 1.29 is 14.6 Å². The summed E-state index contributed by atoms with van der Waals surface area (Å²) < 4.78 is 5.38. The molecule has 1 fully saturated rings. The Hall–Kier alpha value is -2.01. The molecule has 140 valence electrons. The lowest BCUT2D eigenvalue weighted by molar-refractivity contribution is -0.120. The van der Waals surface area contributed by atoms with E-state index < -0.39 is 12.0 Å². The van der Waals surface area contributed by atoms with Crippen LogP contribution in [0.5, 0.6) is 0 Å². The van der Waals surface area contributed by atoms with Gasteiger partial charge in [-0.1, -0.05) is 48.0 Å². The Balaban J connectivity index is 1.64. The Morgan fingerprint density at radius 1 is 1.11 bits per heavy atom. The summed E-state index contributed by atoms with van der Waals surface area (Å²) in [5, 5.41) is 11.4. The van der Waals surface area contributed by atoms with Gasteiger partial charge in [0, 0.05) is 29.4 Å². The predicted octanol–water partition coefficient (Wildman–Crippen LogP) is 3.98. The minimum atomic E-state index is -0.525. The lowest BCUT2D eigenvalue weighted by Gasteiger charge is -2.30. The first kappa shape index (κ1) is 18.4. The average Bonchev–Trinajstić information content (AvgIpc) is 2.71. The molecule has 2 atom stereocenters. The van der Waals surface area contributed by atoms with Gasteiger partial charge in [-0.15, -0.1) is 0 Å². The van der Waals surface area contributed by atoms with E-state index in [4.69, 9.17) is 16.3 Å². The molecular weight excluding hydrogens is 362 g/mol. The van der Waals surface area contributed by atoms with E-state index in [2.05, 4.69) is 4.99 Å². The fraction of sp³-hybridized carbons (Fsp3) is 0.364. The Morgan fingerprint density at radius 2 is 1.81 bits per heavy atom. The molecule has 0 spiro atoms. The number of hydrogen-bond donors (Lipinski definition) is 1. The number of carbonyl (C=O) groups is 1. The third kappa shape index (κ3) is 3.84. The van der Waals surface area contributed by atoms with Crippen LogP contribution in [0.2, 0.25) is 5.02 Å². The monoisotopic (exact) mass is 383 g/mol. The molecule has 2 unspecified atom stereocenters. The van der Waals surface area contributed by atoms with Crippen LogP contribution in [0.15, 0.2) is 53.5 Å². The highest BCUT2D eigenvalue weighted by Crippen LogP contribution is 2.35. The summed E-state index contributed by atoms with van der Waals surface area (Å²) in [7, 11) is 0. The van der Waals surface area contributed by atoms with Crippen LogP contribution in [0.25, 0.3) is 0 Å². The Morgan fingerprint density at radius 3 is 2.56 bits per heavy atom. The highest BCUT2D eigenvalue weighted by Gasteiger charge is 2.34. The van der Waals surface area contributed by atoms with E-state index in [0.29, 0.717) is 30.4 Å². The SMILES string of the molecule is O=C1N=C(c2ccc(Cl)cc2)c2ccccc2C1CC(O)C1CCOCC1. The summed E-state index contributed by atoms with van der Waals surface area (Å²) in [4.78, 5) is 17.3. The van der Waals surface area contributed by atoms with E-state index in [-0.39, 0.29) is 11.8 Å². The van der Waals surface area contributed by atoms with Crippen molar-refractivity contribution in [2.24, 2.45) is 10.9 Å². The van der Waals surface area contributed by atoms with Crippen LogP contribution in [0.3, 0.4) is 0 Å². The maximum Gasteiger partial charge on any atom is 0.253 e. The van der Waals surface area contributed by atoms with Crippen molar-refractivity contribution in [3.05, 3.63) is 70.2 Å². The molecule has 0 saturated carbocycles. The Labute approximate surface area is 163 Å². The minimum absolute atomic E-state index is 0.181. The molecule has 0 aliphatic carbocycles. The first-order valence-corrected chi connectivity index (χ1v) is 9.75. The van der Waals surface area contributed by atoms with Gasteiger partial charge in [0.05, 0.1) is 17.7 Å². The van der Waals surface area contributed by atoms with Crippen LogP contribution in [0, 0.1) is 5.92 Å². The molecule has 5 heteroatoms. The van der Waals surface area contributed by atoms with Gasteiger partial charge in [0.25, 0.3) is 5.91 Å². The molecule has 0 bridgehead atoms. The molecule has 2 aromatic rings. The van der Waals surface area contributed by atoms with Crippen molar-refractivity contribution in [1.82, 2.24) is 0 Å². The van der Waals surface area contributed by atoms with E-state index in [9.17, 15) is 9.90 Å². The molecule has 27 heavy (non-hydrogen) atoms. The first-order chi connectivity index (χ1) is 13.1. The minimum Gasteiger partial charge on any atom is -0.393 e. The van der Waals surface area contributed by atoms with Crippen molar-refractivity contribution >= 4 is 23.2 Å². The number of aliphatic hydroxyl groups is 1. The first-order valence-electron chi connectivity index (χ1n) is 9.37. The van der Waals surface area contributed by atoms with Gasteiger partial charge in [0.15, 0.2) is 0 Å². The second-order valence-electron chi connectivity index (χ2n) is 7.20. The summed E-state index contributed by atoms with van der Waals surface area (Å²) in [6.45, 7) is 1.35. The van der Waals surface area contributed by atoms with Crippen LogP contribution in [-0.2, 0) is 9.53 Å². The van der Waals surface area contributed by atoms with Crippen LogP contribution in [0.4, 0.5) is 0 Å². The fourth-order valence-corrected chi connectivity index (χ4v) is 4.11. The van der Waals surface area contributed by atoms with E-state index in [1.807, 2.05) is 36.4 Å². The number of rotatable bonds is 4. The summed E-state index contributed by atoms with van der Waals surface area (Å²) in [6.07, 6.45) is 1.55. The number of carbonyl (C=O) groups excluding carboxylic acids is 1. The van der Waals surface area contributed by atoms with Crippen molar-refractivity contribution in [3.63, 3.8) is 0 Å². The van der Waals surface area contributed by atoms with Crippen LogP contribution in [0.1, 0.15) is 41.9 Å². The summed E-state index contributed by atoms with van der Waals surface area (Å²) in [5.74, 6) is -0.416. The van der Waals surface area contributed by atoms with Gasteiger partial charge >= 0.3 is 0 Å². The Bertz CT molecular complexity index is 856. The maximum atomic E-state index is 12.9. The number of nitrogens with zero attached hydrogens (tertiary/aromatic N) is 1. The number of hydrogen-bond acceptors (Lipinski definition) is 3. The number of aliphatic imine (C=N–C) groups is 1. The average molecular weight is 384 g/mol. The molecule has 0 aromatic heterocycles. The molecule has 2 heterocycles. The van der Waals surface area contributed by atoms with Gasteiger partial charge in [0.1, 0.15) is 0 Å². The number of ether oxygens (including phenoxy) is 1. The van der Waals surface area contributed by atoms with E-state index >= 15 is 0 Å². The summed E-state index contributed by atoms with van der Waals surface area (Å²) >= 11 is 5.99. The molecule has 2 aliphatic heterocycles. The molecule has 1 N–H and O–H groups in total. The number of halogens is 1. The quantitative estimate of drug-likeness (QED) is 0.868.